The lowest BCUT2D eigenvalue weighted by Gasteiger charge is -2.40. The van der Waals surface area contributed by atoms with Crippen molar-refractivity contribution in [2.45, 2.75) is 49.7 Å². The van der Waals surface area contributed by atoms with Gasteiger partial charge in [-0.05, 0) is 37.8 Å². The van der Waals surface area contributed by atoms with Crippen LogP contribution in [0.2, 0.25) is 5.02 Å². The van der Waals surface area contributed by atoms with Gasteiger partial charge in [-0.3, -0.25) is 4.79 Å². The van der Waals surface area contributed by atoms with Crippen LogP contribution in [0.3, 0.4) is 0 Å². The number of pyridine rings is 1. The van der Waals surface area contributed by atoms with E-state index in [1.54, 1.807) is 0 Å². The summed E-state index contributed by atoms with van der Waals surface area (Å²) in [6, 6.07) is 4.63. The van der Waals surface area contributed by atoms with E-state index >= 15 is 0 Å². The van der Waals surface area contributed by atoms with Crippen molar-refractivity contribution < 1.29 is 31.9 Å². The summed E-state index contributed by atoms with van der Waals surface area (Å²) in [4.78, 5) is 16.4. The van der Waals surface area contributed by atoms with Crippen LogP contribution in [0.4, 0.5) is 22.0 Å². The van der Waals surface area contributed by atoms with E-state index in [1.807, 2.05) is 0 Å². The molecule has 2 N–H and O–H groups in total. The SMILES string of the molecule is O=C(NC(c1ccccc1F)C1(O)CCC(F)CC1)c1nccc(C(F)(F)F)c1Cl. The molecule has 3 rings (SSSR count). The fourth-order valence-corrected chi connectivity index (χ4v) is 3.91. The van der Waals surface area contributed by atoms with Crippen LogP contribution in [0, 0.1) is 5.82 Å². The zero-order valence-electron chi connectivity index (χ0n) is 15.5. The predicted molar refractivity (Wildman–Crippen MR) is 99.2 cm³/mol. The maximum absolute atomic E-state index is 14.5. The molecule has 0 aliphatic heterocycles. The average molecular weight is 449 g/mol. The number of aromatic nitrogens is 1. The molecule has 1 fully saturated rings. The summed E-state index contributed by atoms with van der Waals surface area (Å²) in [5.74, 6) is -1.85. The first-order valence-corrected chi connectivity index (χ1v) is 9.54. The van der Waals surface area contributed by atoms with Gasteiger partial charge in [-0.1, -0.05) is 29.8 Å². The number of carbonyl (C=O) groups excluding carboxylic acids is 1. The summed E-state index contributed by atoms with van der Waals surface area (Å²) in [6.07, 6.45) is -5.31. The summed E-state index contributed by atoms with van der Waals surface area (Å²) in [6.45, 7) is 0. The van der Waals surface area contributed by atoms with Crippen molar-refractivity contribution in [2.24, 2.45) is 0 Å². The number of alkyl halides is 4. The Labute approximate surface area is 174 Å². The first-order chi connectivity index (χ1) is 14.0. The molecule has 1 aromatic carbocycles. The Morgan fingerprint density at radius 3 is 2.47 bits per heavy atom. The largest absolute Gasteiger partial charge is 0.417 e. The number of nitrogens with one attached hydrogen (secondary N) is 1. The molecule has 1 atom stereocenters. The second kappa shape index (κ2) is 8.47. The number of hydrogen-bond donors (Lipinski definition) is 2. The van der Waals surface area contributed by atoms with Crippen LogP contribution in [0.5, 0.6) is 0 Å². The minimum Gasteiger partial charge on any atom is -0.387 e. The van der Waals surface area contributed by atoms with Crippen LogP contribution in [0.15, 0.2) is 36.5 Å². The molecule has 10 heteroatoms. The van der Waals surface area contributed by atoms with Gasteiger partial charge in [0.2, 0.25) is 0 Å². The zero-order chi connectivity index (χ0) is 22.1. The third kappa shape index (κ3) is 4.57. The molecule has 30 heavy (non-hydrogen) atoms. The lowest BCUT2D eigenvalue weighted by Crippen LogP contribution is -2.49. The van der Waals surface area contributed by atoms with E-state index in [9.17, 15) is 31.9 Å². The Kier molecular flexibility index (Phi) is 6.33. The molecular weight excluding hydrogens is 431 g/mol. The zero-order valence-corrected chi connectivity index (χ0v) is 16.3. The minimum atomic E-state index is -4.81. The highest BCUT2D eigenvalue weighted by molar-refractivity contribution is 6.34. The van der Waals surface area contributed by atoms with Gasteiger partial charge < -0.3 is 10.4 Å². The van der Waals surface area contributed by atoms with E-state index in [2.05, 4.69) is 10.3 Å². The maximum Gasteiger partial charge on any atom is 0.417 e. The summed E-state index contributed by atoms with van der Waals surface area (Å²) in [5, 5.41) is 12.6. The van der Waals surface area contributed by atoms with Gasteiger partial charge in [-0.2, -0.15) is 13.2 Å². The normalized spacial score (nSPS) is 23.1. The van der Waals surface area contributed by atoms with Crippen LogP contribution >= 0.6 is 11.6 Å². The van der Waals surface area contributed by atoms with E-state index in [-0.39, 0.29) is 31.2 Å². The number of hydrogen-bond acceptors (Lipinski definition) is 3. The summed E-state index contributed by atoms with van der Waals surface area (Å²) in [5.41, 5.74) is -3.73. The van der Waals surface area contributed by atoms with Gasteiger partial charge in [0.1, 0.15) is 17.7 Å². The van der Waals surface area contributed by atoms with Gasteiger partial charge in [0.25, 0.3) is 5.91 Å². The maximum atomic E-state index is 14.5. The molecule has 0 bridgehead atoms. The number of carbonyl (C=O) groups is 1. The number of amides is 1. The first-order valence-electron chi connectivity index (χ1n) is 9.16. The molecule has 1 aliphatic carbocycles. The average Bonchev–Trinajstić information content (AvgIpc) is 2.68. The molecule has 0 saturated heterocycles. The van der Waals surface area contributed by atoms with Crippen LogP contribution in [0.1, 0.15) is 53.3 Å². The van der Waals surface area contributed by atoms with Crippen molar-refractivity contribution in [2.75, 3.05) is 0 Å². The van der Waals surface area contributed by atoms with Gasteiger partial charge >= 0.3 is 6.18 Å². The van der Waals surface area contributed by atoms with Gasteiger partial charge in [0.05, 0.1) is 22.2 Å². The summed E-state index contributed by atoms with van der Waals surface area (Å²) in [7, 11) is 0. The van der Waals surface area contributed by atoms with Crippen molar-refractivity contribution in [1.29, 1.82) is 0 Å². The van der Waals surface area contributed by atoms with Gasteiger partial charge in [-0.25, -0.2) is 13.8 Å². The topological polar surface area (TPSA) is 62.2 Å². The van der Waals surface area contributed by atoms with Crippen molar-refractivity contribution >= 4 is 17.5 Å². The third-order valence-corrected chi connectivity index (χ3v) is 5.60. The fraction of sp³-hybridized carbons (Fsp3) is 0.400. The highest BCUT2D eigenvalue weighted by Gasteiger charge is 2.44. The number of nitrogens with zero attached hydrogens (tertiary/aromatic N) is 1. The second-order valence-corrected chi connectivity index (χ2v) is 7.60. The van der Waals surface area contributed by atoms with Crippen molar-refractivity contribution in [3.8, 4) is 0 Å². The Morgan fingerprint density at radius 2 is 1.87 bits per heavy atom. The summed E-state index contributed by atoms with van der Waals surface area (Å²) >= 11 is 5.76. The Morgan fingerprint density at radius 1 is 1.23 bits per heavy atom. The van der Waals surface area contributed by atoms with E-state index in [1.165, 1.54) is 18.2 Å². The molecule has 0 radical (unpaired) electrons. The number of benzene rings is 1. The predicted octanol–water partition coefficient (Wildman–Crippen LogP) is 5.01. The second-order valence-electron chi connectivity index (χ2n) is 7.23. The molecule has 1 saturated carbocycles. The van der Waals surface area contributed by atoms with Gasteiger partial charge in [0, 0.05) is 11.8 Å². The molecule has 4 nitrogen and oxygen atoms in total. The van der Waals surface area contributed by atoms with Crippen LogP contribution < -0.4 is 5.32 Å². The molecule has 1 amide bonds. The van der Waals surface area contributed by atoms with Crippen molar-refractivity contribution in [3.63, 3.8) is 0 Å². The summed E-state index contributed by atoms with van der Waals surface area (Å²) < 4.78 is 67.3. The number of rotatable bonds is 4. The smallest absolute Gasteiger partial charge is 0.387 e. The lowest BCUT2D eigenvalue weighted by molar-refractivity contribution is -0.137. The highest BCUT2D eigenvalue weighted by Crippen LogP contribution is 2.41. The van der Waals surface area contributed by atoms with E-state index in [0.717, 1.165) is 12.3 Å². The molecule has 1 aromatic heterocycles. The Balaban J connectivity index is 1.98. The fourth-order valence-electron chi connectivity index (χ4n) is 3.60. The van der Waals surface area contributed by atoms with Gasteiger partial charge in [-0.15, -0.1) is 0 Å². The van der Waals surface area contributed by atoms with Crippen molar-refractivity contribution in [3.05, 3.63) is 64.2 Å². The third-order valence-electron chi connectivity index (χ3n) is 5.22. The number of aliphatic hydroxyl groups is 1. The Hall–Kier alpha value is -2.26. The van der Waals surface area contributed by atoms with Crippen LogP contribution in [-0.4, -0.2) is 27.8 Å². The molecule has 162 valence electrons. The van der Waals surface area contributed by atoms with Gasteiger partial charge in [0.15, 0.2) is 0 Å². The molecule has 1 aliphatic rings. The standard InChI is InChI=1S/C20H18ClF5N2O2/c21-15-13(20(24,25)26)7-10-27-16(15)18(29)28-17(12-3-1-2-4-14(12)23)19(30)8-5-11(22)6-9-19/h1-4,7,10-11,17,30H,5-6,8-9H2,(H,28,29). The monoisotopic (exact) mass is 448 g/mol. The van der Waals surface area contributed by atoms with E-state index in [0.29, 0.717) is 6.07 Å². The molecule has 2 aromatic rings. The molecule has 1 heterocycles. The van der Waals surface area contributed by atoms with Crippen LogP contribution in [-0.2, 0) is 6.18 Å². The molecule has 0 spiro atoms. The number of halogens is 6. The van der Waals surface area contributed by atoms with E-state index < -0.39 is 52.0 Å². The molecule has 1 unspecified atom stereocenters. The van der Waals surface area contributed by atoms with Crippen LogP contribution in [0.25, 0.3) is 0 Å². The van der Waals surface area contributed by atoms with Crippen molar-refractivity contribution in [1.82, 2.24) is 10.3 Å². The minimum absolute atomic E-state index is 0.000111. The first kappa shape index (κ1) is 22.4. The quantitative estimate of drug-likeness (QED) is 0.646. The van der Waals surface area contributed by atoms with E-state index in [4.69, 9.17) is 11.6 Å². The molecular formula is C20H18ClF5N2O2. The lowest BCUT2D eigenvalue weighted by atomic mass is 9.76. The highest BCUT2D eigenvalue weighted by atomic mass is 35.5. The Bertz CT molecular complexity index is 930.